The highest BCUT2D eigenvalue weighted by atomic mass is 15.1. The van der Waals surface area contributed by atoms with Crippen LogP contribution in [0, 0.1) is 34.0 Å². The molecule has 5 nitrogen and oxygen atoms in total. The van der Waals surface area contributed by atoms with Crippen LogP contribution in [0.25, 0.3) is 60.9 Å². The zero-order chi connectivity index (χ0) is 34.5. The van der Waals surface area contributed by atoms with Gasteiger partial charge in [-0.05, 0) is 101 Å². The van der Waals surface area contributed by atoms with Crippen molar-refractivity contribution in [1.29, 1.82) is 15.8 Å². The van der Waals surface area contributed by atoms with Gasteiger partial charge in [-0.15, -0.1) is 0 Å². The first-order valence-corrected chi connectivity index (χ1v) is 16.7. The minimum absolute atomic E-state index is 0.577. The SMILES string of the molecule is N#Cc1cc(-c2ccc(N3Cc4ccc(C#N)cc4-c4ccccc43)cc2)cc(-c2ccccc2-n2c3ccccc3c3ccc(C#N)cc32)c1. The second-order valence-corrected chi connectivity index (χ2v) is 12.8. The fourth-order valence-electron chi connectivity index (χ4n) is 7.52. The molecule has 0 saturated carbocycles. The second-order valence-electron chi connectivity index (χ2n) is 12.8. The van der Waals surface area contributed by atoms with Gasteiger partial charge in [-0.2, -0.15) is 15.8 Å². The summed E-state index contributed by atoms with van der Waals surface area (Å²) in [5, 5.41) is 31.6. The van der Waals surface area contributed by atoms with Crippen LogP contribution in [0.5, 0.6) is 0 Å². The molecule has 5 heteroatoms. The van der Waals surface area contributed by atoms with Crippen LogP contribution >= 0.6 is 0 Å². The number of rotatable bonds is 4. The van der Waals surface area contributed by atoms with Gasteiger partial charge >= 0.3 is 0 Å². The van der Waals surface area contributed by atoms with E-state index < -0.39 is 0 Å². The molecule has 0 radical (unpaired) electrons. The minimum atomic E-state index is 0.577. The Hall–Kier alpha value is -7.39. The lowest BCUT2D eigenvalue weighted by atomic mass is 9.91. The number of aromatic nitrogens is 1. The first-order valence-electron chi connectivity index (χ1n) is 16.7. The third kappa shape index (κ3) is 4.91. The molecule has 0 bridgehead atoms. The van der Waals surface area contributed by atoms with Gasteiger partial charge in [0.05, 0.1) is 51.6 Å². The van der Waals surface area contributed by atoms with Gasteiger partial charge in [-0.1, -0.05) is 78.9 Å². The highest BCUT2D eigenvalue weighted by molar-refractivity contribution is 6.10. The van der Waals surface area contributed by atoms with E-state index in [1.54, 1.807) is 0 Å². The second kappa shape index (κ2) is 11.9. The fourth-order valence-corrected chi connectivity index (χ4v) is 7.52. The molecular formula is C46H27N5. The summed E-state index contributed by atoms with van der Waals surface area (Å²) in [4.78, 5) is 2.31. The minimum Gasteiger partial charge on any atom is -0.336 e. The van der Waals surface area contributed by atoms with E-state index in [0.717, 1.165) is 72.2 Å². The molecule has 0 fully saturated rings. The van der Waals surface area contributed by atoms with E-state index in [2.05, 4.69) is 100 Å². The van der Waals surface area contributed by atoms with Crippen molar-refractivity contribution in [2.24, 2.45) is 0 Å². The Bertz CT molecular complexity index is 2820. The van der Waals surface area contributed by atoms with Crippen LogP contribution in [0.2, 0.25) is 0 Å². The van der Waals surface area contributed by atoms with Crippen molar-refractivity contribution in [1.82, 2.24) is 4.57 Å². The molecule has 0 saturated heterocycles. The van der Waals surface area contributed by atoms with E-state index in [1.807, 2.05) is 78.9 Å². The van der Waals surface area contributed by atoms with Crippen LogP contribution in [0.4, 0.5) is 11.4 Å². The number of anilines is 2. The lowest BCUT2D eigenvalue weighted by Crippen LogP contribution is -2.21. The third-order valence-electron chi connectivity index (χ3n) is 9.89. The maximum Gasteiger partial charge on any atom is 0.0992 e. The van der Waals surface area contributed by atoms with E-state index in [-0.39, 0.29) is 0 Å². The Morgan fingerprint density at radius 2 is 1.08 bits per heavy atom. The molecule has 2 heterocycles. The maximum absolute atomic E-state index is 10.2. The summed E-state index contributed by atoms with van der Waals surface area (Å²) in [6, 6.07) is 58.2. The van der Waals surface area contributed by atoms with E-state index >= 15 is 0 Å². The largest absolute Gasteiger partial charge is 0.336 e. The van der Waals surface area contributed by atoms with Gasteiger partial charge in [0.2, 0.25) is 0 Å². The smallest absolute Gasteiger partial charge is 0.0992 e. The van der Waals surface area contributed by atoms with Gasteiger partial charge in [-0.3, -0.25) is 0 Å². The number of benzene rings is 7. The zero-order valence-electron chi connectivity index (χ0n) is 27.4. The molecule has 1 aliphatic heterocycles. The van der Waals surface area contributed by atoms with Crippen molar-refractivity contribution in [3.63, 3.8) is 0 Å². The van der Waals surface area contributed by atoms with Crippen LogP contribution in [0.1, 0.15) is 22.3 Å². The first kappa shape index (κ1) is 29.7. The van der Waals surface area contributed by atoms with Gasteiger partial charge in [0.15, 0.2) is 0 Å². The zero-order valence-corrected chi connectivity index (χ0v) is 27.4. The summed E-state index contributed by atoms with van der Waals surface area (Å²) in [7, 11) is 0. The number of fused-ring (bicyclic) bond motifs is 6. The molecule has 0 N–H and O–H groups in total. The molecule has 0 unspecified atom stereocenters. The van der Waals surface area contributed by atoms with Crippen LogP contribution in [0.15, 0.2) is 152 Å². The summed E-state index contributed by atoms with van der Waals surface area (Å²) in [6.07, 6.45) is 0. The van der Waals surface area contributed by atoms with E-state index in [0.29, 0.717) is 23.2 Å². The average molecular weight is 650 g/mol. The summed E-state index contributed by atoms with van der Waals surface area (Å²) in [5.74, 6) is 0. The van der Waals surface area contributed by atoms with Crippen LogP contribution in [0.3, 0.4) is 0 Å². The van der Waals surface area contributed by atoms with Crippen molar-refractivity contribution in [3.05, 3.63) is 174 Å². The number of para-hydroxylation sites is 3. The molecule has 0 aliphatic carbocycles. The van der Waals surface area contributed by atoms with Crippen molar-refractivity contribution in [2.45, 2.75) is 6.54 Å². The fraction of sp³-hybridized carbons (Fsp3) is 0.0217. The highest BCUT2D eigenvalue weighted by Crippen LogP contribution is 2.44. The van der Waals surface area contributed by atoms with Gasteiger partial charge < -0.3 is 9.47 Å². The standard InChI is InChI=1S/C46H27N5/c47-26-30-13-15-34-29-50(43-10-4-2-9-40(43)42(34)23-30)37-18-16-33(17-19-37)35-21-32(28-49)22-36(25-35)38-7-1-5-11-44(38)51-45-12-6-3-8-39(45)41-20-14-31(27-48)24-46(41)51/h1-25H,29H2. The molecule has 236 valence electrons. The molecular weight excluding hydrogens is 623 g/mol. The molecule has 51 heavy (non-hydrogen) atoms. The van der Waals surface area contributed by atoms with Crippen LogP contribution < -0.4 is 4.90 Å². The maximum atomic E-state index is 10.2. The Morgan fingerprint density at radius 3 is 1.88 bits per heavy atom. The molecule has 1 aliphatic rings. The van der Waals surface area contributed by atoms with E-state index in [9.17, 15) is 15.8 Å². The molecule has 0 amide bonds. The van der Waals surface area contributed by atoms with Gasteiger partial charge in [0.1, 0.15) is 0 Å². The van der Waals surface area contributed by atoms with Gasteiger partial charge in [0, 0.05) is 39.8 Å². The first-order chi connectivity index (χ1) is 25.1. The Labute approximate surface area is 295 Å². The van der Waals surface area contributed by atoms with E-state index in [1.165, 1.54) is 5.56 Å². The van der Waals surface area contributed by atoms with E-state index in [4.69, 9.17) is 0 Å². The number of nitriles is 3. The molecule has 7 aromatic carbocycles. The predicted molar refractivity (Wildman–Crippen MR) is 204 cm³/mol. The summed E-state index contributed by atoms with van der Waals surface area (Å²) in [5.41, 5.74) is 14.3. The summed E-state index contributed by atoms with van der Waals surface area (Å²) >= 11 is 0. The Morgan fingerprint density at radius 1 is 0.431 bits per heavy atom. The van der Waals surface area contributed by atoms with Crippen molar-refractivity contribution < 1.29 is 0 Å². The lowest BCUT2D eigenvalue weighted by molar-refractivity contribution is 0.961. The Balaban J connectivity index is 1.13. The molecule has 1 aromatic heterocycles. The van der Waals surface area contributed by atoms with Crippen LogP contribution in [-0.4, -0.2) is 4.57 Å². The van der Waals surface area contributed by atoms with Crippen molar-refractivity contribution in [3.8, 4) is 57.3 Å². The van der Waals surface area contributed by atoms with Crippen LogP contribution in [-0.2, 0) is 6.54 Å². The quantitative estimate of drug-likeness (QED) is 0.190. The average Bonchev–Trinajstić information content (AvgIpc) is 3.53. The van der Waals surface area contributed by atoms with Crippen molar-refractivity contribution >= 4 is 33.2 Å². The Kier molecular flexibility index (Phi) is 6.96. The van der Waals surface area contributed by atoms with Crippen molar-refractivity contribution in [2.75, 3.05) is 4.90 Å². The normalized spacial score (nSPS) is 11.7. The highest BCUT2D eigenvalue weighted by Gasteiger charge is 2.23. The molecule has 0 spiro atoms. The third-order valence-corrected chi connectivity index (χ3v) is 9.89. The monoisotopic (exact) mass is 649 g/mol. The number of hydrogen-bond acceptors (Lipinski definition) is 4. The summed E-state index contributed by atoms with van der Waals surface area (Å²) < 4.78 is 2.23. The topological polar surface area (TPSA) is 79.5 Å². The number of nitrogens with zero attached hydrogens (tertiary/aromatic N) is 5. The number of hydrogen-bond donors (Lipinski definition) is 0. The molecule has 0 atom stereocenters. The molecule has 9 rings (SSSR count). The lowest BCUT2D eigenvalue weighted by Gasteiger charge is -2.33. The summed E-state index contributed by atoms with van der Waals surface area (Å²) in [6.45, 7) is 0.695. The molecule has 8 aromatic rings. The predicted octanol–water partition coefficient (Wildman–Crippen LogP) is 11.1. The van der Waals surface area contributed by atoms with Gasteiger partial charge in [0.25, 0.3) is 0 Å². The van der Waals surface area contributed by atoms with Gasteiger partial charge in [-0.25, -0.2) is 0 Å².